The number of piperazine rings is 1. The third kappa shape index (κ3) is 8.81. The van der Waals surface area contributed by atoms with Crippen molar-refractivity contribution in [1.82, 2.24) is 9.91 Å². The van der Waals surface area contributed by atoms with Gasteiger partial charge in [0.05, 0.1) is 46.9 Å². The van der Waals surface area contributed by atoms with E-state index in [-0.39, 0.29) is 56.3 Å². The van der Waals surface area contributed by atoms with E-state index in [1.54, 1.807) is 30.2 Å². The molecular formula is C43H58N4O11. The summed E-state index contributed by atoms with van der Waals surface area (Å²) in [5, 5.41) is 55.6. The molecule has 4 aliphatic rings. The number of anilines is 1. The summed E-state index contributed by atoms with van der Waals surface area (Å²) in [6.07, 6.45) is 7.55. The van der Waals surface area contributed by atoms with Gasteiger partial charge in [0.1, 0.15) is 23.4 Å². The van der Waals surface area contributed by atoms with Crippen LogP contribution in [0.15, 0.2) is 41.2 Å². The van der Waals surface area contributed by atoms with E-state index in [0.29, 0.717) is 19.5 Å². The van der Waals surface area contributed by atoms with Gasteiger partial charge in [-0.2, -0.15) is 5.10 Å². The van der Waals surface area contributed by atoms with Crippen molar-refractivity contribution in [2.24, 2.45) is 28.8 Å². The lowest BCUT2D eigenvalue weighted by atomic mass is 9.79. The van der Waals surface area contributed by atoms with E-state index >= 15 is 0 Å². The number of nitrogens with zero attached hydrogens (tertiary/aromatic N) is 3. The van der Waals surface area contributed by atoms with Crippen molar-refractivity contribution >= 4 is 40.3 Å². The summed E-state index contributed by atoms with van der Waals surface area (Å²) in [6.45, 7) is 15.9. The molecule has 0 aliphatic carbocycles. The van der Waals surface area contributed by atoms with E-state index in [0.717, 1.165) is 13.1 Å². The number of rotatable bonds is 4. The van der Waals surface area contributed by atoms with Gasteiger partial charge in [-0.1, -0.05) is 45.9 Å². The van der Waals surface area contributed by atoms with Gasteiger partial charge in [0, 0.05) is 75.5 Å². The smallest absolute Gasteiger partial charge is 0.312 e. The third-order valence-corrected chi connectivity index (χ3v) is 11.6. The first kappa shape index (κ1) is 44.0. The monoisotopic (exact) mass is 806 g/mol. The summed E-state index contributed by atoms with van der Waals surface area (Å²) < 4.78 is 23.7. The summed E-state index contributed by atoms with van der Waals surface area (Å²) >= 11 is 0. The van der Waals surface area contributed by atoms with E-state index in [1.807, 2.05) is 40.8 Å². The van der Waals surface area contributed by atoms with Crippen molar-refractivity contribution in [3.63, 3.8) is 0 Å². The molecule has 0 radical (unpaired) electrons. The Labute approximate surface area is 339 Å². The van der Waals surface area contributed by atoms with E-state index in [4.69, 9.17) is 18.9 Å². The second-order valence-corrected chi connectivity index (χ2v) is 16.1. The average Bonchev–Trinajstić information content (AvgIpc) is 3.44. The lowest BCUT2D eigenvalue weighted by Gasteiger charge is -2.36. The van der Waals surface area contributed by atoms with Gasteiger partial charge in [-0.3, -0.25) is 19.4 Å². The van der Waals surface area contributed by atoms with Crippen molar-refractivity contribution in [2.45, 2.75) is 85.9 Å². The molecule has 8 atom stereocenters. The topological polar surface area (TPSA) is 200 Å². The number of ketones is 1. The van der Waals surface area contributed by atoms with E-state index in [9.17, 15) is 34.8 Å². The predicted molar refractivity (Wildman–Crippen MR) is 219 cm³/mol. The van der Waals surface area contributed by atoms with Crippen molar-refractivity contribution in [3.05, 3.63) is 52.8 Å². The summed E-state index contributed by atoms with van der Waals surface area (Å²) in [5.41, 5.74) is -0.149. The molecule has 15 heteroatoms. The van der Waals surface area contributed by atoms with Gasteiger partial charge in [0.2, 0.25) is 0 Å². The minimum Gasteiger partial charge on any atom is -0.507 e. The highest BCUT2D eigenvalue weighted by molar-refractivity contribution is 6.23. The maximum absolute atomic E-state index is 14.4. The first-order chi connectivity index (χ1) is 27.3. The van der Waals surface area contributed by atoms with Crippen LogP contribution in [0.2, 0.25) is 0 Å². The number of carbonyl (C=O) groups excluding carboxylic acids is 3. The number of allylic oxidation sites excluding steroid dienone is 3. The number of ether oxygens (including phenoxy) is 4. The lowest BCUT2D eigenvalue weighted by Crippen LogP contribution is -2.44. The van der Waals surface area contributed by atoms with Crippen LogP contribution in [0.5, 0.6) is 23.0 Å². The average molecular weight is 807 g/mol. The quantitative estimate of drug-likeness (QED) is 0.115. The van der Waals surface area contributed by atoms with Crippen LogP contribution in [0.25, 0.3) is 10.8 Å². The summed E-state index contributed by atoms with van der Waals surface area (Å²) in [5.74, 6) is -6.83. The molecule has 1 fully saturated rings. The van der Waals surface area contributed by atoms with Crippen LogP contribution in [0.1, 0.15) is 76.4 Å². The Morgan fingerprint density at radius 1 is 1.00 bits per heavy atom. The molecule has 0 saturated carbocycles. The molecule has 5 bridgehead atoms. The van der Waals surface area contributed by atoms with Gasteiger partial charge < -0.3 is 49.6 Å². The summed E-state index contributed by atoms with van der Waals surface area (Å²) in [7, 11) is 3.47. The van der Waals surface area contributed by atoms with Crippen molar-refractivity contribution in [2.75, 3.05) is 45.7 Å². The first-order valence-corrected chi connectivity index (χ1v) is 19.7. The molecule has 0 spiro atoms. The van der Waals surface area contributed by atoms with Gasteiger partial charge in [-0.05, 0) is 45.2 Å². The number of methoxy groups -OCH3 is 1. The molecular weight excluding hydrogens is 748 g/mol. The summed E-state index contributed by atoms with van der Waals surface area (Å²) in [4.78, 5) is 42.6. The number of aromatic hydroxyl groups is 3. The molecule has 58 heavy (non-hydrogen) atoms. The van der Waals surface area contributed by atoms with E-state index in [2.05, 4.69) is 15.3 Å². The van der Waals surface area contributed by atoms with Gasteiger partial charge in [-0.15, -0.1) is 0 Å². The van der Waals surface area contributed by atoms with Crippen molar-refractivity contribution < 1.29 is 53.8 Å². The molecule has 15 nitrogen and oxygen atoms in total. The Morgan fingerprint density at radius 3 is 2.31 bits per heavy atom. The SMILES string of the molecule is CO[C@H]1C=CO[C@@]2(C)Oc3c(C)c(O)c4c(O)c(c(C=NN5CCN(C)CC5)c(O)c4c3C2=O)NC(=O)C(C)=CC=C[C@@H](C)C[C@@H](C)[C@@H](O)[C@@H](C)[C@@H](OC(C)=O)[C@H]1C. The number of fused-ring (bicyclic) bond motifs is 14. The van der Waals surface area contributed by atoms with Crippen LogP contribution >= 0.6 is 0 Å². The zero-order valence-corrected chi connectivity index (χ0v) is 35.0. The fraction of sp³-hybridized carbons (Fsp3) is 0.535. The number of phenolic OH excluding ortho intramolecular Hbond substituents is 3. The molecule has 2 aromatic rings. The molecule has 1 saturated heterocycles. The van der Waals surface area contributed by atoms with Gasteiger partial charge in [0.15, 0.2) is 5.75 Å². The molecule has 4 aliphatic heterocycles. The minimum absolute atomic E-state index is 0.0243. The molecule has 4 heterocycles. The highest BCUT2D eigenvalue weighted by Crippen LogP contribution is 2.55. The highest BCUT2D eigenvalue weighted by Gasteiger charge is 2.50. The number of hydrogen-bond donors (Lipinski definition) is 5. The van der Waals surface area contributed by atoms with E-state index in [1.165, 1.54) is 40.4 Å². The first-order valence-electron chi connectivity index (χ1n) is 19.7. The molecule has 1 amide bonds. The Morgan fingerprint density at radius 2 is 1.67 bits per heavy atom. The third-order valence-electron chi connectivity index (χ3n) is 11.6. The largest absolute Gasteiger partial charge is 0.507 e. The maximum atomic E-state index is 14.4. The van der Waals surface area contributed by atoms with Crippen molar-refractivity contribution in [1.29, 1.82) is 0 Å². The fourth-order valence-electron chi connectivity index (χ4n) is 7.99. The van der Waals surface area contributed by atoms with Crippen LogP contribution in [0.4, 0.5) is 5.69 Å². The van der Waals surface area contributed by atoms with Crippen LogP contribution in [-0.4, -0.2) is 119 Å². The number of esters is 1. The molecule has 316 valence electrons. The number of amides is 1. The zero-order valence-electron chi connectivity index (χ0n) is 35.0. The standard InChI is InChI=1S/C43H58N4O11/c1-22-12-11-13-23(2)42(54)45-34-29(21-44-47-17-15-46(9)16-18-47)37(51)31-32(38(34)52)36(50)27(6)40-33(31)41(53)43(8,58-40)56-19-14-30(55-10)25(4)39(57-28(7)48)26(5)35(49)24(3)20-22/h11-14,19,21-22,24-26,30,35,39,49-52H,15-18,20H2,1-10H3,(H,45,54)/t22-,24-,25+,26-,30+,35-,39+,43+/m1/s1. The molecule has 0 unspecified atom stereocenters. The number of likely N-dealkylation sites (N-methyl/N-ethyl adjacent to an activating group) is 1. The van der Waals surface area contributed by atoms with Crippen LogP contribution in [-0.2, 0) is 23.8 Å². The number of nitrogens with one attached hydrogen (secondary N) is 1. The number of aliphatic hydroxyl groups is 1. The number of aliphatic hydroxyl groups excluding tert-OH is 1. The molecule has 2 aromatic carbocycles. The molecule has 6 rings (SSSR count). The minimum atomic E-state index is -2.01. The van der Waals surface area contributed by atoms with Gasteiger partial charge >= 0.3 is 11.8 Å². The zero-order chi connectivity index (χ0) is 42.8. The summed E-state index contributed by atoms with van der Waals surface area (Å²) in [6, 6.07) is 0. The van der Waals surface area contributed by atoms with Crippen LogP contribution in [0.3, 0.4) is 0 Å². The van der Waals surface area contributed by atoms with Gasteiger partial charge in [-0.25, -0.2) is 0 Å². The fourth-order valence-corrected chi connectivity index (χ4v) is 7.99. The number of hydrogen-bond acceptors (Lipinski definition) is 14. The number of phenols is 3. The lowest BCUT2D eigenvalue weighted by molar-refractivity contribution is -0.159. The number of benzene rings is 2. The predicted octanol–water partition coefficient (Wildman–Crippen LogP) is 5.36. The Bertz CT molecular complexity index is 2040. The second kappa shape index (κ2) is 17.8. The maximum Gasteiger partial charge on any atom is 0.312 e. The van der Waals surface area contributed by atoms with Crippen LogP contribution in [0, 0.1) is 30.6 Å². The number of hydrazone groups is 1. The second-order valence-electron chi connectivity index (χ2n) is 16.1. The number of carbonyl (C=O) groups is 3. The Balaban J connectivity index is 1.69. The highest BCUT2D eigenvalue weighted by atomic mass is 16.7. The Hall–Kier alpha value is -5.12. The van der Waals surface area contributed by atoms with Crippen LogP contribution < -0.4 is 10.1 Å². The molecule has 0 aromatic heterocycles. The van der Waals surface area contributed by atoms with E-state index < -0.39 is 70.8 Å². The normalized spacial score (nSPS) is 29.1. The number of Topliss-reactive ketones (excluding diaryl/α,β-unsaturated/α-hetero) is 1. The van der Waals surface area contributed by atoms with Gasteiger partial charge in [0.25, 0.3) is 11.7 Å². The molecule has 5 N–H and O–H groups in total. The van der Waals surface area contributed by atoms with Crippen molar-refractivity contribution in [3.8, 4) is 23.0 Å². The Kier molecular flexibility index (Phi) is 13.5.